The van der Waals surface area contributed by atoms with Crippen molar-refractivity contribution in [3.63, 3.8) is 0 Å². The number of nitrogens with two attached hydrogens (primary N) is 3. The molecule has 0 fully saturated rings. The molecule has 1 heterocycles. The summed E-state index contributed by atoms with van der Waals surface area (Å²) < 4.78 is 0. The van der Waals surface area contributed by atoms with E-state index in [0.717, 1.165) is 17.1 Å². The minimum Gasteiger partial charge on any atom is -0.350 e. The number of ketones is 1. The van der Waals surface area contributed by atoms with Crippen molar-refractivity contribution in [3.05, 3.63) is 88.5 Å². The van der Waals surface area contributed by atoms with Gasteiger partial charge in [-0.1, -0.05) is 61.5 Å². The third kappa shape index (κ3) is 9.57. The second-order valence-electron chi connectivity index (χ2n) is 10.3. The Bertz CT molecular complexity index is 1370. The molecule has 0 bridgehead atoms. The first-order valence-corrected chi connectivity index (χ1v) is 14.4. The summed E-state index contributed by atoms with van der Waals surface area (Å²) in [7, 11) is 0. The van der Waals surface area contributed by atoms with Gasteiger partial charge in [-0.3, -0.25) is 19.2 Å². The lowest BCUT2D eigenvalue weighted by Crippen LogP contribution is -2.53. The Balaban J connectivity index is 1.68. The van der Waals surface area contributed by atoms with Gasteiger partial charge in [-0.05, 0) is 12.5 Å². The van der Waals surface area contributed by atoms with Crippen molar-refractivity contribution in [3.8, 4) is 0 Å². The quantitative estimate of drug-likeness (QED) is 0.128. The summed E-state index contributed by atoms with van der Waals surface area (Å²) in [6, 6.07) is 13.8. The first kappa shape index (κ1) is 33.1. The van der Waals surface area contributed by atoms with E-state index < -0.39 is 23.9 Å². The summed E-state index contributed by atoms with van der Waals surface area (Å²) in [4.78, 5) is 61.0. The standard InChI is InChI=1S/C31H42N8O4/c1-3-27-36-20(2)25(37-27)18-26(38-30(42)24(34)17-28(40)39(15-13-32)16-14-33)31(43)35-19-21-9-11-23(12-10-21)29(41)22-7-5-4-6-8-22/h4-12,24,26H,3,13-19,32-34H2,1-2H3,(H,35,43)(H,36,37)(H,38,42). The molecule has 3 amide bonds. The number of amides is 3. The third-order valence-electron chi connectivity index (χ3n) is 7.00. The second kappa shape index (κ2) is 16.3. The van der Waals surface area contributed by atoms with E-state index >= 15 is 0 Å². The van der Waals surface area contributed by atoms with E-state index in [1.165, 1.54) is 4.90 Å². The largest absolute Gasteiger partial charge is 0.350 e. The summed E-state index contributed by atoms with van der Waals surface area (Å²) in [5.41, 5.74) is 20.6. The van der Waals surface area contributed by atoms with Crippen molar-refractivity contribution in [2.75, 3.05) is 26.2 Å². The topological polar surface area (TPSA) is 202 Å². The molecule has 2 aromatic carbocycles. The minimum absolute atomic E-state index is 0.0937. The molecule has 0 saturated carbocycles. The highest BCUT2D eigenvalue weighted by atomic mass is 16.2. The highest BCUT2D eigenvalue weighted by Crippen LogP contribution is 2.12. The Kier molecular flexibility index (Phi) is 12.6. The number of hydrogen-bond acceptors (Lipinski definition) is 8. The highest BCUT2D eigenvalue weighted by molar-refractivity contribution is 6.08. The minimum atomic E-state index is -1.18. The molecule has 3 aromatic rings. The van der Waals surface area contributed by atoms with E-state index in [1.807, 2.05) is 32.0 Å². The maximum absolute atomic E-state index is 13.4. The van der Waals surface area contributed by atoms with Crippen LogP contribution < -0.4 is 27.8 Å². The molecule has 12 heteroatoms. The third-order valence-corrected chi connectivity index (χ3v) is 7.00. The summed E-state index contributed by atoms with van der Waals surface area (Å²) in [5.74, 6) is -0.746. The monoisotopic (exact) mass is 590 g/mol. The van der Waals surface area contributed by atoms with Crippen molar-refractivity contribution in [2.24, 2.45) is 17.2 Å². The fourth-order valence-electron chi connectivity index (χ4n) is 4.54. The molecule has 12 nitrogen and oxygen atoms in total. The first-order chi connectivity index (χ1) is 20.7. The van der Waals surface area contributed by atoms with E-state index in [9.17, 15) is 19.2 Å². The molecule has 0 radical (unpaired) electrons. The van der Waals surface area contributed by atoms with Gasteiger partial charge in [-0.15, -0.1) is 0 Å². The Morgan fingerprint density at radius 1 is 0.930 bits per heavy atom. The van der Waals surface area contributed by atoms with Crippen LogP contribution in [0.15, 0.2) is 54.6 Å². The Morgan fingerprint density at radius 3 is 2.14 bits per heavy atom. The Hall–Kier alpha value is -4.39. The molecule has 2 unspecified atom stereocenters. The van der Waals surface area contributed by atoms with Crippen LogP contribution in [-0.4, -0.2) is 76.6 Å². The molecule has 0 aliphatic rings. The zero-order chi connectivity index (χ0) is 31.4. The molecule has 3 rings (SSSR count). The van der Waals surface area contributed by atoms with Gasteiger partial charge >= 0.3 is 0 Å². The van der Waals surface area contributed by atoms with Crippen LogP contribution in [0.1, 0.15) is 52.0 Å². The van der Waals surface area contributed by atoms with Gasteiger partial charge < -0.3 is 37.7 Å². The van der Waals surface area contributed by atoms with Gasteiger partial charge in [-0.2, -0.15) is 0 Å². The van der Waals surface area contributed by atoms with E-state index in [4.69, 9.17) is 17.2 Å². The molecule has 2 atom stereocenters. The van der Waals surface area contributed by atoms with Gasteiger partial charge in [0.15, 0.2) is 5.78 Å². The van der Waals surface area contributed by atoms with Crippen LogP contribution in [0.25, 0.3) is 0 Å². The number of nitrogens with zero attached hydrogens (tertiary/aromatic N) is 2. The number of carbonyl (C=O) groups is 4. The van der Waals surface area contributed by atoms with E-state index in [2.05, 4.69) is 20.6 Å². The average molecular weight is 591 g/mol. The van der Waals surface area contributed by atoms with Crippen molar-refractivity contribution in [1.29, 1.82) is 0 Å². The average Bonchev–Trinajstić information content (AvgIpc) is 3.38. The number of H-pyrrole nitrogens is 1. The predicted octanol–water partition coefficient (Wildman–Crippen LogP) is 0.319. The second-order valence-corrected chi connectivity index (χ2v) is 10.3. The summed E-state index contributed by atoms with van der Waals surface area (Å²) in [6.45, 7) is 5.09. The lowest BCUT2D eigenvalue weighted by Gasteiger charge is -2.24. The van der Waals surface area contributed by atoms with E-state index in [-0.39, 0.29) is 44.2 Å². The van der Waals surface area contributed by atoms with Gasteiger partial charge in [0.25, 0.3) is 0 Å². The van der Waals surface area contributed by atoms with Crippen LogP contribution in [0.3, 0.4) is 0 Å². The number of aryl methyl sites for hydroxylation is 2. The molecule has 43 heavy (non-hydrogen) atoms. The summed E-state index contributed by atoms with van der Waals surface area (Å²) >= 11 is 0. The molecule has 0 aliphatic heterocycles. The summed E-state index contributed by atoms with van der Waals surface area (Å²) in [5, 5.41) is 5.57. The molecule has 0 saturated heterocycles. The van der Waals surface area contributed by atoms with Crippen LogP contribution in [0.5, 0.6) is 0 Å². The van der Waals surface area contributed by atoms with Gasteiger partial charge in [0.2, 0.25) is 17.7 Å². The van der Waals surface area contributed by atoms with Crippen LogP contribution in [0, 0.1) is 6.92 Å². The number of aromatic nitrogens is 2. The molecular formula is C31H42N8O4. The van der Waals surface area contributed by atoms with Crippen molar-refractivity contribution < 1.29 is 19.2 Å². The summed E-state index contributed by atoms with van der Waals surface area (Å²) in [6.07, 6.45) is 0.551. The van der Waals surface area contributed by atoms with E-state index in [0.29, 0.717) is 36.3 Å². The van der Waals surface area contributed by atoms with Crippen molar-refractivity contribution in [2.45, 2.75) is 51.7 Å². The smallest absolute Gasteiger partial charge is 0.243 e. The number of rotatable bonds is 16. The van der Waals surface area contributed by atoms with Crippen molar-refractivity contribution in [1.82, 2.24) is 25.5 Å². The zero-order valence-corrected chi connectivity index (χ0v) is 24.8. The molecule has 1 aromatic heterocycles. The number of aromatic amines is 1. The van der Waals surface area contributed by atoms with Crippen LogP contribution in [0.2, 0.25) is 0 Å². The number of nitrogens with one attached hydrogen (secondary N) is 3. The maximum atomic E-state index is 13.4. The zero-order valence-electron chi connectivity index (χ0n) is 24.8. The normalized spacial score (nSPS) is 12.3. The Morgan fingerprint density at radius 2 is 1.56 bits per heavy atom. The lowest BCUT2D eigenvalue weighted by molar-refractivity contribution is -0.135. The number of benzene rings is 2. The molecule has 0 aliphatic carbocycles. The number of imidazole rings is 1. The highest BCUT2D eigenvalue weighted by Gasteiger charge is 2.28. The maximum Gasteiger partial charge on any atom is 0.243 e. The van der Waals surface area contributed by atoms with Gasteiger partial charge in [0.05, 0.1) is 18.2 Å². The molecule has 9 N–H and O–H groups in total. The lowest BCUT2D eigenvalue weighted by atomic mass is 10.0. The fourth-order valence-corrected chi connectivity index (χ4v) is 4.54. The van der Waals surface area contributed by atoms with Gasteiger partial charge in [0.1, 0.15) is 11.9 Å². The van der Waals surface area contributed by atoms with Crippen LogP contribution in [-0.2, 0) is 33.8 Å². The van der Waals surface area contributed by atoms with E-state index in [1.54, 1.807) is 36.4 Å². The van der Waals surface area contributed by atoms with Crippen LogP contribution >= 0.6 is 0 Å². The first-order valence-electron chi connectivity index (χ1n) is 14.4. The van der Waals surface area contributed by atoms with Crippen molar-refractivity contribution >= 4 is 23.5 Å². The fraction of sp³-hybridized carbons (Fsp3) is 0.387. The number of carbonyl (C=O) groups excluding carboxylic acids is 4. The number of hydrogen-bond donors (Lipinski definition) is 6. The SMILES string of the molecule is CCc1nc(CC(NC(=O)C(N)CC(=O)N(CCN)CCN)C(=O)NCc2ccc(C(=O)c3ccccc3)cc2)c(C)[nH]1. The predicted molar refractivity (Wildman–Crippen MR) is 164 cm³/mol. The van der Waals surface area contributed by atoms with Gasteiger partial charge in [0, 0.05) is 62.4 Å². The molecular weight excluding hydrogens is 548 g/mol. The molecule has 230 valence electrons. The van der Waals surface area contributed by atoms with Gasteiger partial charge in [-0.25, -0.2) is 4.98 Å². The Labute approximate surface area is 251 Å². The molecule has 0 spiro atoms. The van der Waals surface area contributed by atoms with Crippen LogP contribution in [0.4, 0.5) is 0 Å².